The molecule has 1 N–H and O–H groups in total. The molecule has 0 saturated carbocycles. The molecule has 0 saturated heterocycles. The molecule has 3 heterocycles. The molecule has 0 amide bonds. The number of amidine groups is 2. The highest BCUT2D eigenvalue weighted by atomic mass is 16.3. The van der Waals surface area contributed by atoms with Gasteiger partial charge < -0.3 is 19.1 Å². The van der Waals surface area contributed by atoms with Crippen LogP contribution in [0, 0.1) is 0 Å². The van der Waals surface area contributed by atoms with E-state index in [1.54, 1.807) is 0 Å². The zero-order valence-electron chi connectivity index (χ0n) is 31.0. The van der Waals surface area contributed by atoms with Crippen LogP contribution in [0.15, 0.2) is 189 Å². The minimum atomic E-state index is -0.306. The fourth-order valence-electron chi connectivity index (χ4n) is 8.24. The van der Waals surface area contributed by atoms with Gasteiger partial charge in [0.05, 0.1) is 5.56 Å². The summed E-state index contributed by atoms with van der Waals surface area (Å²) in [5, 5.41) is 8.02. The first-order valence-corrected chi connectivity index (χ1v) is 19.4. The third-order valence-corrected chi connectivity index (χ3v) is 11.0. The molecule has 272 valence electrons. The van der Waals surface area contributed by atoms with Gasteiger partial charge >= 0.3 is 0 Å². The molecule has 9 aromatic rings. The maximum absolute atomic E-state index is 6.78. The molecule has 1 aliphatic carbocycles. The first-order chi connectivity index (χ1) is 28.2. The standard InChI is InChI=1S/C51H36N4O2/c1-4-14-34(15-5-1)49-52-50(35-16-6-2-7-17-35)54-51(53-49)43-31-30-39(47-42-21-11-13-23-45(42)57-48(43)47)33-24-26-37(27-25-33)55(36-18-8-3-9-19-36)38-28-29-41-40-20-10-12-22-44(40)56-46(41)32-38/h1-10,12,14-32,49H,11,13H2,(H,52,53,54). The zero-order valence-corrected chi connectivity index (χ0v) is 31.0. The van der Waals surface area contributed by atoms with E-state index in [9.17, 15) is 0 Å². The van der Waals surface area contributed by atoms with E-state index < -0.39 is 0 Å². The van der Waals surface area contributed by atoms with Gasteiger partial charge in [-0.25, -0.2) is 9.98 Å². The maximum atomic E-state index is 6.78. The van der Waals surface area contributed by atoms with Crippen LogP contribution >= 0.6 is 0 Å². The van der Waals surface area contributed by atoms with Gasteiger partial charge in [-0.15, -0.1) is 0 Å². The summed E-state index contributed by atoms with van der Waals surface area (Å²) < 4.78 is 13.1. The Bertz CT molecular complexity index is 3150. The van der Waals surface area contributed by atoms with Gasteiger partial charge in [-0.2, -0.15) is 0 Å². The molecule has 0 bridgehead atoms. The van der Waals surface area contributed by atoms with Crippen LogP contribution in [0.2, 0.25) is 0 Å². The second-order valence-corrected chi connectivity index (χ2v) is 14.5. The van der Waals surface area contributed by atoms with Crippen LogP contribution in [0.4, 0.5) is 17.1 Å². The summed E-state index contributed by atoms with van der Waals surface area (Å²) in [4.78, 5) is 12.6. The van der Waals surface area contributed by atoms with Crippen molar-refractivity contribution in [1.29, 1.82) is 0 Å². The van der Waals surface area contributed by atoms with Crippen molar-refractivity contribution in [2.24, 2.45) is 9.98 Å². The lowest BCUT2D eigenvalue weighted by atomic mass is 9.96. The highest BCUT2D eigenvalue weighted by Crippen LogP contribution is 2.40. The second-order valence-electron chi connectivity index (χ2n) is 14.5. The monoisotopic (exact) mass is 736 g/mol. The summed E-state index contributed by atoms with van der Waals surface area (Å²) in [5.74, 6) is 1.42. The Morgan fingerprint density at radius 2 is 1.21 bits per heavy atom. The second kappa shape index (κ2) is 13.7. The normalized spacial score (nSPS) is 15.0. The van der Waals surface area contributed by atoms with Crippen LogP contribution in [0.3, 0.4) is 0 Å². The van der Waals surface area contributed by atoms with E-state index in [0.29, 0.717) is 5.84 Å². The predicted octanol–water partition coefficient (Wildman–Crippen LogP) is 11.3. The number of furan rings is 2. The summed E-state index contributed by atoms with van der Waals surface area (Å²) in [6.45, 7) is 0. The van der Waals surface area contributed by atoms with Crippen molar-refractivity contribution >= 4 is 73.8 Å². The van der Waals surface area contributed by atoms with E-state index >= 15 is 0 Å². The first-order valence-electron chi connectivity index (χ1n) is 19.4. The molecule has 1 aliphatic heterocycles. The number of hydrogen-bond acceptors (Lipinski definition) is 6. The smallest absolute Gasteiger partial charge is 0.163 e. The number of nitrogens with one attached hydrogen (secondary N) is 1. The number of aliphatic imine (C=N–C) groups is 2. The zero-order chi connectivity index (χ0) is 37.7. The minimum Gasteiger partial charge on any atom is -0.456 e. The molecule has 11 rings (SSSR count). The van der Waals surface area contributed by atoms with Crippen LogP contribution in [0.25, 0.3) is 56.2 Å². The van der Waals surface area contributed by atoms with E-state index in [2.05, 4.69) is 138 Å². The molecule has 0 spiro atoms. The average molecular weight is 737 g/mol. The summed E-state index contributed by atoms with van der Waals surface area (Å²) in [6.07, 6.45) is 6.11. The van der Waals surface area contributed by atoms with Crippen molar-refractivity contribution in [1.82, 2.24) is 5.32 Å². The van der Waals surface area contributed by atoms with Crippen molar-refractivity contribution in [3.05, 3.63) is 197 Å². The third-order valence-electron chi connectivity index (χ3n) is 11.0. The van der Waals surface area contributed by atoms with Gasteiger partial charge in [-0.3, -0.25) is 0 Å². The van der Waals surface area contributed by atoms with E-state index in [4.69, 9.17) is 18.8 Å². The molecule has 7 aromatic carbocycles. The summed E-state index contributed by atoms with van der Waals surface area (Å²) in [5.41, 5.74) is 11.7. The molecule has 6 nitrogen and oxygen atoms in total. The van der Waals surface area contributed by atoms with E-state index in [-0.39, 0.29) is 6.17 Å². The van der Waals surface area contributed by atoms with Crippen molar-refractivity contribution in [3.63, 3.8) is 0 Å². The number of fused-ring (bicyclic) bond motifs is 6. The fraction of sp³-hybridized carbons (Fsp3) is 0.0588. The van der Waals surface area contributed by atoms with Crippen molar-refractivity contribution in [2.75, 3.05) is 4.90 Å². The van der Waals surface area contributed by atoms with Crippen LogP contribution < -0.4 is 20.9 Å². The van der Waals surface area contributed by atoms with Crippen molar-refractivity contribution < 1.29 is 8.83 Å². The van der Waals surface area contributed by atoms with Crippen LogP contribution in [0.5, 0.6) is 0 Å². The molecule has 1 unspecified atom stereocenters. The number of para-hydroxylation sites is 2. The molecule has 0 fully saturated rings. The van der Waals surface area contributed by atoms with Gasteiger partial charge in [0.2, 0.25) is 0 Å². The molecule has 1 atom stereocenters. The number of nitrogens with zero attached hydrogens (tertiary/aromatic N) is 3. The highest BCUT2D eigenvalue weighted by Gasteiger charge is 2.25. The summed E-state index contributed by atoms with van der Waals surface area (Å²) in [7, 11) is 0. The maximum Gasteiger partial charge on any atom is 0.163 e. The quantitative estimate of drug-likeness (QED) is 0.177. The largest absolute Gasteiger partial charge is 0.456 e. The molecule has 2 aromatic heterocycles. The van der Waals surface area contributed by atoms with Gasteiger partial charge in [0.25, 0.3) is 0 Å². The van der Waals surface area contributed by atoms with Gasteiger partial charge in [0.15, 0.2) is 5.84 Å². The van der Waals surface area contributed by atoms with Gasteiger partial charge in [-0.05, 0) is 84.1 Å². The van der Waals surface area contributed by atoms with Gasteiger partial charge in [0.1, 0.15) is 34.2 Å². The number of anilines is 3. The Kier molecular flexibility index (Phi) is 7.91. The molecule has 2 aliphatic rings. The predicted molar refractivity (Wildman–Crippen MR) is 233 cm³/mol. The number of rotatable bonds is 7. The lowest BCUT2D eigenvalue weighted by molar-refractivity contribution is 0.571. The molecular weight excluding hydrogens is 701 g/mol. The number of hydrogen-bond donors (Lipinski definition) is 1. The lowest BCUT2D eigenvalue weighted by Crippen LogP contribution is -2.33. The molecule has 0 radical (unpaired) electrons. The first kappa shape index (κ1) is 32.9. The SMILES string of the molecule is C1=c2oc3c(C4=NC(c5ccccc5)NC(c5ccccc5)=N4)ccc(-c4ccc(N(c5ccccc5)c5ccc6c(c5)oc5ccccc56)cc4)c3c2=CCC1. The van der Waals surface area contributed by atoms with E-state index in [0.717, 1.165) is 107 Å². The fourth-order valence-corrected chi connectivity index (χ4v) is 8.24. The minimum absolute atomic E-state index is 0.306. The van der Waals surface area contributed by atoms with Crippen LogP contribution in [-0.4, -0.2) is 11.7 Å². The van der Waals surface area contributed by atoms with E-state index in [1.807, 2.05) is 54.6 Å². The van der Waals surface area contributed by atoms with Gasteiger partial charge in [-0.1, -0.05) is 121 Å². The summed E-state index contributed by atoms with van der Waals surface area (Å²) >= 11 is 0. The van der Waals surface area contributed by atoms with Crippen LogP contribution in [0.1, 0.15) is 35.7 Å². The summed E-state index contributed by atoms with van der Waals surface area (Å²) in [6, 6.07) is 58.9. The molecular formula is C51H36N4O2. The number of benzene rings is 7. The van der Waals surface area contributed by atoms with Crippen molar-refractivity contribution in [3.8, 4) is 11.1 Å². The van der Waals surface area contributed by atoms with E-state index in [1.165, 1.54) is 0 Å². The Balaban J connectivity index is 1.03. The highest BCUT2D eigenvalue weighted by molar-refractivity contribution is 6.18. The Morgan fingerprint density at radius 3 is 2.04 bits per heavy atom. The van der Waals surface area contributed by atoms with Gasteiger partial charge in [0, 0.05) is 50.1 Å². The lowest BCUT2D eigenvalue weighted by Gasteiger charge is -2.25. The van der Waals surface area contributed by atoms with Crippen LogP contribution in [-0.2, 0) is 0 Å². The topological polar surface area (TPSA) is 66.3 Å². The molecule has 57 heavy (non-hydrogen) atoms. The Labute approximate surface area is 329 Å². The molecule has 6 heteroatoms. The van der Waals surface area contributed by atoms with Crippen molar-refractivity contribution in [2.45, 2.75) is 19.0 Å². The third kappa shape index (κ3) is 5.81. The average Bonchev–Trinajstić information content (AvgIpc) is 3.86. The Hall–Kier alpha value is -7.44. The Morgan fingerprint density at radius 1 is 0.544 bits per heavy atom.